The Kier molecular flexibility index (Phi) is 4.10. The van der Waals surface area contributed by atoms with E-state index in [0.717, 1.165) is 29.7 Å². The SMILES string of the molecule is Cc1ccc(CN2CCC(Nc3ccc4ccccc4n3)C2=O)cc1. The number of nitrogens with one attached hydrogen (secondary N) is 1. The van der Waals surface area contributed by atoms with Crippen LogP contribution in [0, 0.1) is 6.92 Å². The Morgan fingerprint density at radius 3 is 2.72 bits per heavy atom. The van der Waals surface area contributed by atoms with Gasteiger partial charge in [-0.3, -0.25) is 4.79 Å². The smallest absolute Gasteiger partial charge is 0.245 e. The highest BCUT2D eigenvalue weighted by atomic mass is 16.2. The second kappa shape index (κ2) is 6.55. The summed E-state index contributed by atoms with van der Waals surface area (Å²) in [5.74, 6) is 0.907. The summed E-state index contributed by atoms with van der Waals surface area (Å²) >= 11 is 0. The van der Waals surface area contributed by atoms with E-state index in [0.29, 0.717) is 6.54 Å². The standard InChI is InChI=1S/C21H21N3O/c1-15-6-8-16(9-7-15)14-24-13-12-19(21(24)25)23-20-11-10-17-4-2-3-5-18(17)22-20/h2-11,19H,12-14H2,1H3,(H,22,23). The van der Waals surface area contributed by atoms with Crippen molar-refractivity contribution in [2.24, 2.45) is 0 Å². The number of carbonyl (C=O) groups is 1. The number of fused-ring (bicyclic) bond motifs is 1. The molecule has 1 N–H and O–H groups in total. The van der Waals surface area contributed by atoms with E-state index in [2.05, 4.69) is 41.5 Å². The molecule has 0 bridgehead atoms. The fraction of sp³-hybridized carbons (Fsp3) is 0.238. The van der Waals surface area contributed by atoms with Gasteiger partial charge < -0.3 is 10.2 Å². The summed E-state index contributed by atoms with van der Waals surface area (Å²) in [6.45, 7) is 3.52. The van der Waals surface area contributed by atoms with Crippen molar-refractivity contribution < 1.29 is 4.79 Å². The minimum Gasteiger partial charge on any atom is -0.358 e. The Morgan fingerprint density at radius 1 is 1.08 bits per heavy atom. The number of aromatic nitrogens is 1. The molecule has 0 radical (unpaired) electrons. The number of amides is 1. The van der Waals surface area contributed by atoms with Crippen LogP contribution in [0.1, 0.15) is 17.5 Å². The maximum Gasteiger partial charge on any atom is 0.245 e. The van der Waals surface area contributed by atoms with Gasteiger partial charge >= 0.3 is 0 Å². The highest BCUT2D eigenvalue weighted by molar-refractivity contribution is 5.87. The monoisotopic (exact) mass is 331 g/mol. The molecule has 4 nitrogen and oxygen atoms in total. The van der Waals surface area contributed by atoms with Crippen LogP contribution in [0.4, 0.5) is 5.82 Å². The molecule has 1 atom stereocenters. The molecule has 1 saturated heterocycles. The zero-order valence-electron chi connectivity index (χ0n) is 14.3. The first-order valence-electron chi connectivity index (χ1n) is 8.66. The van der Waals surface area contributed by atoms with E-state index in [9.17, 15) is 4.79 Å². The van der Waals surface area contributed by atoms with Gasteiger partial charge in [0, 0.05) is 18.5 Å². The van der Waals surface area contributed by atoms with E-state index < -0.39 is 0 Å². The summed E-state index contributed by atoms with van der Waals surface area (Å²) in [4.78, 5) is 19.2. The van der Waals surface area contributed by atoms with Crippen LogP contribution in [0.25, 0.3) is 10.9 Å². The van der Waals surface area contributed by atoms with E-state index in [-0.39, 0.29) is 11.9 Å². The van der Waals surface area contributed by atoms with Crippen molar-refractivity contribution in [1.29, 1.82) is 0 Å². The molecule has 3 aromatic rings. The number of pyridine rings is 1. The lowest BCUT2D eigenvalue weighted by Gasteiger charge is -2.17. The Labute approximate surface area is 147 Å². The Hall–Kier alpha value is -2.88. The molecule has 0 saturated carbocycles. The van der Waals surface area contributed by atoms with Crippen molar-refractivity contribution in [3.63, 3.8) is 0 Å². The Morgan fingerprint density at radius 2 is 1.88 bits per heavy atom. The molecule has 1 amide bonds. The number of hydrogen-bond donors (Lipinski definition) is 1. The third-order valence-corrected chi connectivity index (χ3v) is 4.71. The maximum atomic E-state index is 12.7. The van der Waals surface area contributed by atoms with Crippen LogP contribution < -0.4 is 5.32 Å². The van der Waals surface area contributed by atoms with Gasteiger partial charge in [-0.25, -0.2) is 4.98 Å². The molecule has 0 spiro atoms. The van der Waals surface area contributed by atoms with Gasteiger partial charge in [0.2, 0.25) is 5.91 Å². The molecule has 1 unspecified atom stereocenters. The summed E-state index contributed by atoms with van der Waals surface area (Å²) in [7, 11) is 0. The van der Waals surface area contributed by atoms with Gasteiger partial charge in [0.1, 0.15) is 11.9 Å². The third-order valence-electron chi connectivity index (χ3n) is 4.71. The zero-order valence-corrected chi connectivity index (χ0v) is 14.3. The van der Waals surface area contributed by atoms with Crippen molar-refractivity contribution in [2.75, 3.05) is 11.9 Å². The van der Waals surface area contributed by atoms with Crippen molar-refractivity contribution >= 4 is 22.6 Å². The summed E-state index contributed by atoms with van der Waals surface area (Å²) in [6.07, 6.45) is 0.805. The highest BCUT2D eigenvalue weighted by Crippen LogP contribution is 2.20. The number of para-hydroxylation sites is 1. The van der Waals surface area contributed by atoms with Gasteiger partial charge in [-0.15, -0.1) is 0 Å². The van der Waals surface area contributed by atoms with E-state index in [1.165, 1.54) is 11.1 Å². The molecule has 1 aromatic heterocycles. The highest BCUT2D eigenvalue weighted by Gasteiger charge is 2.31. The average molecular weight is 331 g/mol. The molecule has 25 heavy (non-hydrogen) atoms. The van der Waals surface area contributed by atoms with Crippen LogP contribution in [0.15, 0.2) is 60.7 Å². The number of nitrogens with zero attached hydrogens (tertiary/aromatic N) is 2. The molecule has 0 aliphatic carbocycles. The number of carbonyl (C=O) groups excluding carboxylic acids is 1. The molecule has 4 heteroatoms. The second-order valence-corrected chi connectivity index (χ2v) is 6.62. The fourth-order valence-electron chi connectivity index (χ4n) is 3.27. The molecule has 1 fully saturated rings. The first-order valence-corrected chi connectivity index (χ1v) is 8.66. The van der Waals surface area contributed by atoms with E-state index >= 15 is 0 Å². The number of benzene rings is 2. The normalized spacial score (nSPS) is 17.2. The summed E-state index contributed by atoms with van der Waals surface area (Å²) in [6, 6.07) is 20.1. The van der Waals surface area contributed by atoms with Gasteiger partial charge in [0.05, 0.1) is 5.52 Å². The zero-order chi connectivity index (χ0) is 17.2. The van der Waals surface area contributed by atoms with Gasteiger partial charge in [0.15, 0.2) is 0 Å². The first kappa shape index (κ1) is 15.6. The topological polar surface area (TPSA) is 45.2 Å². The molecular weight excluding hydrogens is 310 g/mol. The van der Waals surface area contributed by atoms with Crippen molar-refractivity contribution in [1.82, 2.24) is 9.88 Å². The van der Waals surface area contributed by atoms with Crippen LogP contribution in [0.2, 0.25) is 0 Å². The predicted octanol–water partition coefficient (Wildman–Crippen LogP) is 3.76. The number of hydrogen-bond acceptors (Lipinski definition) is 3. The molecule has 1 aliphatic heterocycles. The van der Waals surface area contributed by atoms with Crippen LogP contribution in [-0.4, -0.2) is 28.4 Å². The van der Waals surface area contributed by atoms with Crippen molar-refractivity contribution in [3.8, 4) is 0 Å². The van der Waals surface area contributed by atoms with E-state index in [1.807, 2.05) is 41.3 Å². The second-order valence-electron chi connectivity index (χ2n) is 6.62. The number of likely N-dealkylation sites (tertiary alicyclic amines) is 1. The maximum absolute atomic E-state index is 12.7. The molecule has 126 valence electrons. The molecule has 2 heterocycles. The Balaban J connectivity index is 1.44. The minimum absolute atomic E-state index is 0.149. The van der Waals surface area contributed by atoms with Gasteiger partial charge in [-0.05, 0) is 37.1 Å². The molecule has 4 rings (SSSR count). The molecular formula is C21H21N3O. The quantitative estimate of drug-likeness (QED) is 0.792. The average Bonchev–Trinajstić information content (AvgIpc) is 2.97. The molecule has 2 aromatic carbocycles. The minimum atomic E-state index is -0.195. The fourth-order valence-corrected chi connectivity index (χ4v) is 3.27. The summed E-state index contributed by atoms with van der Waals surface area (Å²) < 4.78 is 0. The lowest BCUT2D eigenvalue weighted by Crippen LogP contribution is -2.33. The molecule has 1 aliphatic rings. The van der Waals surface area contributed by atoms with Crippen molar-refractivity contribution in [2.45, 2.75) is 25.9 Å². The van der Waals surface area contributed by atoms with Crippen LogP contribution in [-0.2, 0) is 11.3 Å². The third kappa shape index (κ3) is 3.33. The van der Waals surface area contributed by atoms with Crippen LogP contribution in [0.5, 0.6) is 0 Å². The van der Waals surface area contributed by atoms with Crippen LogP contribution in [0.3, 0.4) is 0 Å². The van der Waals surface area contributed by atoms with Gasteiger partial charge in [-0.2, -0.15) is 0 Å². The number of aryl methyl sites for hydroxylation is 1. The van der Waals surface area contributed by atoms with E-state index in [4.69, 9.17) is 0 Å². The number of anilines is 1. The predicted molar refractivity (Wildman–Crippen MR) is 100 cm³/mol. The van der Waals surface area contributed by atoms with Gasteiger partial charge in [-0.1, -0.05) is 48.0 Å². The summed E-state index contributed by atoms with van der Waals surface area (Å²) in [5.41, 5.74) is 3.34. The number of rotatable bonds is 4. The van der Waals surface area contributed by atoms with E-state index in [1.54, 1.807) is 0 Å². The largest absolute Gasteiger partial charge is 0.358 e. The van der Waals surface area contributed by atoms with Crippen LogP contribution >= 0.6 is 0 Å². The Bertz CT molecular complexity index is 904. The lowest BCUT2D eigenvalue weighted by atomic mass is 10.1. The summed E-state index contributed by atoms with van der Waals surface area (Å²) in [5, 5.41) is 4.41. The van der Waals surface area contributed by atoms with Gasteiger partial charge in [0.25, 0.3) is 0 Å². The lowest BCUT2D eigenvalue weighted by molar-refractivity contribution is -0.128. The van der Waals surface area contributed by atoms with Crippen molar-refractivity contribution in [3.05, 3.63) is 71.8 Å². The first-order chi connectivity index (χ1) is 12.2.